The molecule has 1 aliphatic rings. The van der Waals surface area contributed by atoms with E-state index in [9.17, 15) is 4.79 Å². The van der Waals surface area contributed by atoms with Gasteiger partial charge in [-0.1, -0.05) is 6.92 Å². The summed E-state index contributed by atoms with van der Waals surface area (Å²) in [5, 5.41) is 3.06. The molecule has 1 aromatic rings. The molecule has 1 aliphatic heterocycles. The number of amides is 1. The molecule has 0 bridgehead atoms. The van der Waals surface area contributed by atoms with E-state index in [1.54, 1.807) is 20.3 Å². The van der Waals surface area contributed by atoms with Crippen LogP contribution in [0.15, 0.2) is 12.1 Å². The molecule has 0 radical (unpaired) electrons. The van der Waals surface area contributed by atoms with E-state index < -0.39 is 0 Å². The predicted molar refractivity (Wildman–Crippen MR) is 104 cm³/mol. The Balaban J connectivity index is 1.99. The number of ether oxygens (including phenoxy) is 2. The zero-order valence-electron chi connectivity index (χ0n) is 14.9. The van der Waals surface area contributed by atoms with E-state index >= 15 is 0 Å². The van der Waals surface area contributed by atoms with Crippen molar-refractivity contribution in [2.45, 2.75) is 32.7 Å². The molecule has 0 saturated carbocycles. The van der Waals surface area contributed by atoms with Gasteiger partial charge < -0.3 is 14.8 Å². The Kier molecular flexibility index (Phi) is 7.16. The first-order valence-electron chi connectivity index (χ1n) is 8.40. The molecular weight excluding hydrogens is 419 g/mol. The Morgan fingerprint density at radius 1 is 1.38 bits per heavy atom. The van der Waals surface area contributed by atoms with Gasteiger partial charge in [0.25, 0.3) is 5.91 Å². The summed E-state index contributed by atoms with van der Waals surface area (Å²) in [6.07, 6.45) is 2.55. The molecule has 24 heavy (non-hydrogen) atoms. The van der Waals surface area contributed by atoms with E-state index in [2.05, 4.69) is 46.7 Å². The summed E-state index contributed by atoms with van der Waals surface area (Å²) >= 11 is 2.15. The first-order chi connectivity index (χ1) is 11.5. The van der Waals surface area contributed by atoms with Crippen molar-refractivity contribution < 1.29 is 14.3 Å². The molecule has 1 aromatic carbocycles. The number of hydrogen-bond donors (Lipinski definition) is 1. The Morgan fingerprint density at radius 2 is 2.04 bits per heavy atom. The summed E-state index contributed by atoms with van der Waals surface area (Å²) in [5.41, 5.74) is 0.618. The van der Waals surface area contributed by atoms with Crippen LogP contribution >= 0.6 is 22.6 Å². The number of nitrogens with zero attached hydrogens (tertiary/aromatic N) is 1. The van der Waals surface area contributed by atoms with Crippen LogP contribution in [0, 0.1) is 9.49 Å². The minimum Gasteiger partial charge on any atom is -0.493 e. The minimum absolute atomic E-state index is 0.0720. The monoisotopic (exact) mass is 446 g/mol. The second-order valence-electron chi connectivity index (χ2n) is 6.49. The number of carbonyl (C=O) groups is 1. The van der Waals surface area contributed by atoms with Gasteiger partial charge in [0.05, 0.1) is 19.8 Å². The fourth-order valence-corrected chi connectivity index (χ4v) is 3.80. The van der Waals surface area contributed by atoms with Gasteiger partial charge in [-0.15, -0.1) is 0 Å². The van der Waals surface area contributed by atoms with Gasteiger partial charge in [0.15, 0.2) is 11.5 Å². The molecule has 1 N–H and O–H groups in total. The molecule has 5 nitrogen and oxygen atoms in total. The molecule has 134 valence electrons. The number of likely N-dealkylation sites (tertiary alicyclic amines) is 1. The number of nitrogens with one attached hydrogen (secondary N) is 1. The second-order valence-corrected chi connectivity index (χ2v) is 7.65. The zero-order chi connectivity index (χ0) is 17.7. The Morgan fingerprint density at radius 3 is 2.67 bits per heavy atom. The smallest absolute Gasteiger partial charge is 0.252 e. The standard InChI is InChI=1S/C18H27IN2O3/c1-12-6-5-7-21(11-12)13(2)10-20-18(22)14-8-16(23-3)17(24-4)9-15(14)19/h8-9,12-13H,5-7,10-11H2,1-4H3,(H,20,22). The Labute approximate surface area is 158 Å². The molecule has 2 unspecified atom stereocenters. The highest BCUT2D eigenvalue weighted by Crippen LogP contribution is 2.31. The molecule has 1 heterocycles. The van der Waals surface area contributed by atoms with Gasteiger partial charge in [0, 0.05) is 22.7 Å². The first kappa shape index (κ1) is 19.3. The average molecular weight is 446 g/mol. The first-order valence-corrected chi connectivity index (χ1v) is 9.47. The summed E-state index contributed by atoms with van der Waals surface area (Å²) < 4.78 is 11.4. The van der Waals surface area contributed by atoms with Gasteiger partial charge >= 0.3 is 0 Å². The molecule has 2 atom stereocenters. The lowest BCUT2D eigenvalue weighted by molar-refractivity contribution is 0.0916. The van der Waals surface area contributed by atoms with Crippen molar-refractivity contribution in [3.63, 3.8) is 0 Å². The summed E-state index contributed by atoms with van der Waals surface area (Å²) in [6.45, 7) is 7.36. The van der Waals surface area contributed by atoms with E-state index in [0.717, 1.165) is 22.6 Å². The van der Waals surface area contributed by atoms with Crippen LogP contribution in [0.2, 0.25) is 0 Å². The molecular formula is C18H27IN2O3. The molecule has 2 rings (SSSR count). The fraction of sp³-hybridized carbons (Fsp3) is 0.611. The lowest BCUT2D eigenvalue weighted by Gasteiger charge is -2.35. The van der Waals surface area contributed by atoms with Gasteiger partial charge in [0.2, 0.25) is 0 Å². The number of halogens is 1. The average Bonchev–Trinajstić information content (AvgIpc) is 2.58. The molecule has 1 saturated heterocycles. The van der Waals surface area contributed by atoms with Crippen molar-refractivity contribution in [2.24, 2.45) is 5.92 Å². The lowest BCUT2D eigenvalue weighted by Crippen LogP contribution is -2.46. The molecule has 0 aliphatic carbocycles. The maximum atomic E-state index is 12.6. The highest BCUT2D eigenvalue weighted by molar-refractivity contribution is 14.1. The number of carbonyl (C=O) groups excluding carboxylic acids is 1. The van der Waals surface area contributed by atoms with Crippen LogP contribution in [-0.2, 0) is 0 Å². The van der Waals surface area contributed by atoms with Gasteiger partial charge in [0.1, 0.15) is 0 Å². The quantitative estimate of drug-likeness (QED) is 0.683. The Hall–Kier alpha value is -1.02. The van der Waals surface area contributed by atoms with Crippen LogP contribution in [-0.4, -0.2) is 50.7 Å². The zero-order valence-corrected chi connectivity index (χ0v) is 17.1. The summed E-state index contributed by atoms with van der Waals surface area (Å²) in [6, 6.07) is 3.91. The third-order valence-electron chi connectivity index (χ3n) is 4.59. The maximum Gasteiger partial charge on any atom is 0.252 e. The van der Waals surface area contributed by atoms with Gasteiger partial charge in [-0.3, -0.25) is 9.69 Å². The van der Waals surface area contributed by atoms with Crippen molar-refractivity contribution in [1.82, 2.24) is 10.2 Å². The predicted octanol–water partition coefficient (Wildman–Crippen LogP) is 3.16. The topological polar surface area (TPSA) is 50.8 Å². The van der Waals surface area contributed by atoms with Gasteiger partial charge in [-0.05, 0) is 67.0 Å². The highest BCUT2D eigenvalue weighted by Gasteiger charge is 2.22. The van der Waals surface area contributed by atoms with E-state index in [1.165, 1.54) is 12.8 Å². The van der Waals surface area contributed by atoms with Gasteiger partial charge in [-0.25, -0.2) is 0 Å². The van der Waals surface area contributed by atoms with Crippen molar-refractivity contribution in [3.8, 4) is 11.5 Å². The van der Waals surface area contributed by atoms with E-state index in [0.29, 0.717) is 29.6 Å². The number of rotatable bonds is 6. The van der Waals surface area contributed by atoms with Crippen molar-refractivity contribution in [1.29, 1.82) is 0 Å². The number of benzene rings is 1. The van der Waals surface area contributed by atoms with Crippen LogP contribution in [0.1, 0.15) is 37.0 Å². The SMILES string of the molecule is COc1cc(I)c(C(=O)NCC(C)N2CCCC(C)C2)cc1OC. The number of methoxy groups -OCH3 is 2. The maximum absolute atomic E-state index is 12.6. The summed E-state index contributed by atoms with van der Waals surface area (Å²) in [7, 11) is 3.17. The van der Waals surface area contributed by atoms with Gasteiger partial charge in [-0.2, -0.15) is 0 Å². The third-order valence-corrected chi connectivity index (χ3v) is 5.48. The number of piperidine rings is 1. The lowest BCUT2D eigenvalue weighted by atomic mass is 9.99. The van der Waals surface area contributed by atoms with E-state index in [1.807, 2.05) is 6.07 Å². The van der Waals surface area contributed by atoms with Crippen molar-refractivity contribution in [3.05, 3.63) is 21.3 Å². The molecule has 1 fully saturated rings. The third kappa shape index (κ3) is 4.75. The highest BCUT2D eigenvalue weighted by atomic mass is 127. The normalized spacial score (nSPS) is 19.6. The Bertz CT molecular complexity index is 580. The van der Waals surface area contributed by atoms with Crippen LogP contribution in [0.25, 0.3) is 0 Å². The largest absolute Gasteiger partial charge is 0.493 e. The van der Waals surface area contributed by atoms with Crippen LogP contribution < -0.4 is 14.8 Å². The van der Waals surface area contributed by atoms with Crippen LogP contribution in [0.4, 0.5) is 0 Å². The molecule has 0 aromatic heterocycles. The van der Waals surface area contributed by atoms with E-state index in [4.69, 9.17) is 9.47 Å². The summed E-state index contributed by atoms with van der Waals surface area (Å²) in [4.78, 5) is 15.0. The van der Waals surface area contributed by atoms with Crippen LogP contribution in [0.5, 0.6) is 11.5 Å². The fourth-order valence-electron chi connectivity index (χ4n) is 3.12. The van der Waals surface area contributed by atoms with Crippen molar-refractivity contribution >= 4 is 28.5 Å². The second kappa shape index (κ2) is 8.89. The number of hydrogen-bond acceptors (Lipinski definition) is 4. The molecule has 6 heteroatoms. The molecule has 1 amide bonds. The van der Waals surface area contributed by atoms with Crippen LogP contribution in [0.3, 0.4) is 0 Å². The minimum atomic E-state index is -0.0720. The summed E-state index contributed by atoms with van der Waals surface area (Å²) in [5.74, 6) is 1.87. The van der Waals surface area contributed by atoms with Crippen molar-refractivity contribution in [2.75, 3.05) is 33.9 Å². The molecule has 0 spiro atoms. The van der Waals surface area contributed by atoms with E-state index in [-0.39, 0.29) is 5.91 Å².